The average Bonchev–Trinajstić information content (AvgIpc) is 3.30. The molecule has 0 saturated heterocycles. The molecule has 0 unspecified atom stereocenters. The van der Waals surface area contributed by atoms with Crippen LogP contribution in [0.3, 0.4) is 0 Å². The molecule has 3 N–H and O–H groups in total. The largest absolute Gasteiger partial charge is 0.435 e. The highest BCUT2D eigenvalue weighted by Crippen LogP contribution is 2.35. The van der Waals surface area contributed by atoms with Crippen molar-refractivity contribution in [3.8, 4) is 5.82 Å². The van der Waals surface area contributed by atoms with Crippen LogP contribution < -0.4 is 11.1 Å². The number of esters is 1. The lowest BCUT2D eigenvalue weighted by atomic mass is 10.0. The maximum atomic E-state index is 13.5. The maximum Gasteiger partial charge on any atom is 0.435 e. The summed E-state index contributed by atoms with van der Waals surface area (Å²) in [6.07, 6.45) is -10.2. The highest BCUT2D eigenvalue weighted by atomic mass is 35.5. The lowest BCUT2D eigenvalue weighted by molar-refractivity contribution is -0.142. The molecule has 0 saturated carbocycles. The number of aromatic nitrogens is 4. The van der Waals surface area contributed by atoms with Crippen molar-refractivity contribution in [1.82, 2.24) is 19.7 Å². The van der Waals surface area contributed by atoms with Gasteiger partial charge in [0.05, 0.1) is 21.8 Å². The quantitative estimate of drug-likeness (QED) is 0.188. The van der Waals surface area contributed by atoms with Crippen LogP contribution in [0.5, 0.6) is 0 Å². The second-order valence-corrected chi connectivity index (χ2v) is 8.39. The predicted molar refractivity (Wildman–Crippen MR) is 126 cm³/mol. The first-order chi connectivity index (χ1) is 18.6. The molecule has 0 aliphatic carbocycles. The van der Waals surface area contributed by atoms with Crippen LogP contribution in [-0.2, 0) is 17.1 Å². The van der Waals surface area contributed by atoms with Gasteiger partial charge in [-0.2, -0.15) is 31.4 Å². The third-order valence-corrected chi connectivity index (χ3v) is 5.66. The lowest BCUT2D eigenvalue weighted by Crippen LogP contribution is -2.23. The first kappa shape index (κ1) is 28.3. The van der Waals surface area contributed by atoms with E-state index in [1.165, 1.54) is 25.3 Å². The molecular weight excluding hydrogens is 574 g/mol. The number of nitrogens with zero attached hydrogens (tertiary/aromatic N) is 4. The van der Waals surface area contributed by atoms with Crippen LogP contribution in [0.4, 0.5) is 36.8 Å². The molecular formula is C23H13ClF6N6O4. The number of rotatable bonds is 4. The Balaban J connectivity index is 1.89. The van der Waals surface area contributed by atoms with E-state index in [1.54, 1.807) is 0 Å². The van der Waals surface area contributed by atoms with Crippen molar-refractivity contribution in [2.45, 2.75) is 19.3 Å². The second-order valence-electron chi connectivity index (χ2n) is 7.98. The van der Waals surface area contributed by atoms with Crippen molar-refractivity contribution in [3.63, 3.8) is 0 Å². The summed E-state index contributed by atoms with van der Waals surface area (Å²) in [7, 11) is 0. The number of carbonyl (C=O) groups is 3. The van der Waals surface area contributed by atoms with Crippen LogP contribution in [0.2, 0.25) is 5.02 Å². The molecule has 1 aromatic carbocycles. The molecule has 10 nitrogen and oxygen atoms in total. The van der Waals surface area contributed by atoms with E-state index < -0.39 is 58.7 Å². The molecule has 4 rings (SSSR count). The van der Waals surface area contributed by atoms with Crippen molar-refractivity contribution in [2.75, 3.05) is 5.32 Å². The Morgan fingerprint density at radius 3 is 2.30 bits per heavy atom. The Morgan fingerprint density at radius 2 is 1.70 bits per heavy atom. The molecule has 3 aromatic heterocycles. The first-order valence-electron chi connectivity index (χ1n) is 10.7. The van der Waals surface area contributed by atoms with E-state index >= 15 is 0 Å². The Morgan fingerprint density at radius 1 is 1.02 bits per heavy atom. The Kier molecular flexibility index (Phi) is 7.14. The summed E-state index contributed by atoms with van der Waals surface area (Å²) >= 11 is 6.04. The van der Waals surface area contributed by atoms with E-state index in [0.29, 0.717) is 16.8 Å². The minimum atomic E-state index is -4.99. The second kappa shape index (κ2) is 10.1. The number of primary amides is 1. The fourth-order valence-electron chi connectivity index (χ4n) is 3.63. The summed E-state index contributed by atoms with van der Waals surface area (Å²) in [5, 5.41) is 5.50. The molecule has 0 spiro atoms. The number of fused-ring (bicyclic) bond motifs is 1. The Labute approximate surface area is 223 Å². The first-order valence-corrected chi connectivity index (χ1v) is 11.1. The number of aryl methyl sites for hydroxylation is 1. The predicted octanol–water partition coefficient (Wildman–Crippen LogP) is 5.30. The number of pyridine rings is 2. The molecule has 2 amide bonds. The molecule has 40 heavy (non-hydrogen) atoms. The van der Waals surface area contributed by atoms with Crippen LogP contribution in [0, 0.1) is 6.92 Å². The van der Waals surface area contributed by atoms with Gasteiger partial charge < -0.3 is 15.8 Å². The van der Waals surface area contributed by atoms with E-state index in [1.807, 2.05) is 0 Å². The maximum absolute atomic E-state index is 13.5. The number of benzene rings is 1. The molecule has 0 bridgehead atoms. The van der Waals surface area contributed by atoms with E-state index in [-0.39, 0.29) is 27.3 Å². The minimum Gasteiger partial charge on any atom is -0.373 e. The van der Waals surface area contributed by atoms with E-state index in [0.717, 1.165) is 12.1 Å². The lowest BCUT2D eigenvalue weighted by Gasteiger charge is -2.16. The zero-order valence-corrected chi connectivity index (χ0v) is 20.4. The van der Waals surface area contributed by atoms with Gasteiger partial charge in [0.1, 0.15) is 11.4 Å². The SMILES string of the molecule is Cc1c(NC(=O)c2cc(C(F)(F)F)nn2-c2ncccc2Cl)c(C(=O)OC(N)=O)cc2nc(C(F)(F)F)ccc12. The summed E-state index contributed by atoms with van der Waals surface area (Å²) in [6, 6.07) is 5.53. The topological polar surface area (TPSA) is 142 Å². The van der Waals surface area contributed by atoms with Crippen LogP contribution in [0.1, 0.15) is 37.8 Å². The van der Waals surface area contributed by atoms with Crippen molar-refractivity contribution >= 4 is 46.2 Å². The number of hydrogen-bond donors (Lipinski definition) is 2. The number of nitrogens with one attached hydrogen (secondary N) is 1. The number of amides is 2. The molecule has 0 aliphatic rings. The number of ether oxygens (including phenoxy) is 1. The van der Waals surface area contributed by atoms with E-state index in [4.69, 9.17) is 17.3 Å². The molecule has 0 radical (unpaired) electrons. The number of nitrogens with two attached hydrogens (primary N) is 1. The minimum absolute atomic E-state index is 0.0242. The standard InChI is InChI=1S/C23H13ClF6N6O4/c1-9-10-4-5-15(22(25,26)27)33-13(10)7-11(20(38)40-21(31)39)17(9)34-19(37)14-8-16(23(28,29)30)35-36(14)18-12(24)3-2-6-32-18/h2-8H,1H3,(H2,31,39)(H,34,37). The average molecular weight is 587 g/mol. The van der Waals surface area contributed by atoms with Gasteiger partial charge in [-0.15, -0.1) is 0 Å². The number of hydrogen-bond acceptors (Lipinski definition) is 7. The smallest absolute Gasteiger partial charge is 0.373 e. The van der Waals surface area contributed by atoms with Gasteiger partial charge in [0.2, 0.25) is 0 Å². The Bertz CT molecular complexity index is 1690. The highest BCUT2D eigenvalue weighted by molar-refractivity contribution is 6.32. The summed E-state index contributed by atoms with van der Waals surface area (Å²) in [5.74, 6) is -3.08. The third-order valence-electron chi connectivity index (χ3n) is 5.37. The number of carbonyl (C=O) groups excluding carboxylic acids is 3. The van der Waals surface area contributed by atoms with Crippen LogP contribution >= 0.6 is 11.6 Å². The van der Waals surface area contributed by atoms with Crippen molar-refractivity contribution in [3.05, 3.63) is 75.8 Å². The van der Waals surface area contributed by atoms with Crippen LogP contribution in [-0.4, -0.2) is 37.7 Å². The van der Waals surface area contributed by atoms with E-state index in [2.05, 4.69) is 25.1 Å². The fourth-order valence-corrected chi connectivity index (χ4v) is 3.83. The van der Waals surface area contributed by atoms with Crippen LogP contribution in [0.15, 0.2) is 42.6 Å². The van der Waals surface area contributed by atoms with Gasteiger partial charge in [-0.1, -0.05) is 17.7 Å². The monoisotopic (exact) mass is 586 g/mol. The number of anilines is 1. The van der Waals surface area contributed by atoms with Gasteiger partial charge in [-0.3, -0.25) is 4.79 Å². The third kappa shape index (κ3) is 5.51. The van der Waals surface area contributed by atoms with Crippen LogP contribution in [0.25, 0.3) is 16.7 Å². The highest BCUT2D eigenvalue weighted by Gasteiger charge is 2.37. The Hall–Kier alpha value is -4.73. The fraction of sp³-hybridized carbons (Fsp3) is 0.130. The van der Waals surface area contributed by atoms with Gasteiger partial charge in [0.15, 0.2) is 11.5 Å². The summed E-state index contributed by atoms with van der Waals surface area (Å²) in [5.41, 5.74) is -0.130. The van der Waals surface area contributed by atoms with Gasteiger partial charge in [-0.05, 0) is 36.8 Å². The van der Waals surface area contributed by atoms with Crippen molar-refractivity contribution < 1.29 is 45.5 Å². The van der Waals surface area contributed by atoms with Gasteiger partial charge in [-0.25, -0.2) is 24.2 Å². The van der Waals surface area contributed by atoms with E-state index in [9.17, 15) is 40.7 Å². The normalized spacial score (nSPS) is 11.9. The van der Waals surface area contributed by atoms with Gasteiger partial charge >= 0.3 is 24.4 Å². The molecule has 0 aliphatic heterocycles. The van der Waals surface area contributed by atoms with Gasteiger partial charge in [0.25, 0.3) is 5.91 Å². The van der Waals surface area contributed by atoms with Crippen molar-refractivity contribution in [1.29, 1.82) is 0 Å². The molecule has 4 aromatic rings. The zero-order chi connectivity index (χ0) is 29.6. The summed E-state index contributed by atoms with van der Waals surface area (Å²) in [4.78, 5) is 44.5. The molecule has 3 heterocycles. The summed E-state index contributed by atoms with van der Waals surface area (Å²) in [6.45, 7) is 1.28. The van der Waals surface area contributed by atoms with Crippen molar-refractivity contribution in [2.24, 2.45) is 5.73 Å². The summed E-state index contributed by atoms with van der Waals surface area (Å²) < 4.78 is 84.9. The molecule has 208 valence electrons. The van der Waals surface area contributed by atoms with Gasteiger partial charge in [0, 0.05) is 17.6 Å². The molecule has 17 heteroatoms. The molecule has 0 fully saturated rings. The number of alkyl halides is 6. The number of halogens is 7. The molecule has 0 atom stereocenters. The zero-order valence-electron chi connectivity index (χ0n) is 19.7.